The van der Waals surface area contributed by atoms with Gasteiger partial charge in [0.25, 0.3) is 5.69 Å². The molecular formula is C10H11N5O2. The van der Waals surface area contributed by atoms with E-state index in [1.54, 1.807) is 19.1 Å². The van der Waals surface area contributed by atoms with Crippen LogP contribution in [-0.4, -0.2) is 19.7 Å². The van der Waals surface area contributed by atoms with Crippen molar-refractivity contribution in [3.05, 3.63) is 52.1 Å². The van der Waals surface area contributed by atoms with Gasteiger partial charge in [-0.15, -0.1) is 0 Å². The fourth-order valence-electron chi connectivity index (χ4n) is 1.52. The third kappa shape index (κ3) is 2.13. The highest BCUT2D eigenvalue weighted by molar-refractivity contribution is 5.43. The Bertz CT molecular complexity index is 538. The molecule has 1 aromatic heterocycles. The normalized spacial score (nSPS) is 12.4. The Labute approximate surface area is 97.0 Å². The molecule has 0 saturated heterocycles. The van der Waals surface area contributed by atoms with Crippen molar-refractivity contribution < 1.29 is 4.92 Å². The van der Waals surface area contributed by atoms with Crippen molar-refractivity contribution in [2.75, 3.05) is 0 Å². The van der Waals surface area contributed by atoms with Crippen LogP contribution in [0.2, 0.25) is 0 Å². The molecule has 0 fully saturated rings. The maximum Gasteiger partial charge on any atom is 0.272 e. The number of aromatic nitrogens is 3. The number of nitrogens with zero attached hydrogens (tertiary/aromatic N) is 4. The predicted molar refractivity (Wildman–Crippen MR) is 60.2 cm³/mol. The highest BCUT2D eigenvalue weighted by Crippen LogP contribution is 2.22. The van der Waals surface area contributed by atoms with Gasteiger partial charge in [0, 0.05) is 11.6 Å². The van der Waals surface area contributed by atoms with E-state index in [-0.39, 0.29) is 5.69 Å². The molecule has 1 atom stereocenters. The number of rotatable bonds is 3. The van der Waals surface area contributed by atoms with E-state index >= 15 is 0 Å². The molecule has 0 saturated carbocycles. The molecule has 1 aromatic carbocycles. The maximum absolute atomic E-state index is 10.8. The van der Waals surface area contributed by atoms with Crippen LogP contribution in [0.1, 0.15) is 17.3 Å². The topological polar surface area (TPSA) is 99.9 Å². The lowest BCUT2D eigenvalue weighted by atomic mass is 10.1. The molecule has 17 heavy (non-hydrogen) atoms. The molecule has 1 heterocycles. The van der Waals surface area contributed by atoms with Gasteiger partial charge in [0.05, 0.1) is 4.92 Å². The molecule has 88 valence electrons. The standard InChI is InChI=1S/C10H11N5O2/c1-7-2-3-8(4-9(7)15(16)17)10(11)14-6-12-5-13-14/h2-6,10H,11H2,1H3. The average Bonchev–Trinajstić information content (AvgIpc) is 2.81. The van der Waals surface area contributed by atoms with E-state index in [4.69, 9.17) is 5.73 Å². The smallest absolute Gasteiger partial charge is 0.272 e. The average molecular weight is 233 g/mol. The molecule has 0 aliphatic heterocycles. The Balaban J connectivity index is 2.40. The molecule has 2 N–H and O–H groups in total. The Hall–Kier alpha value is -2.28. The van der Waals surface area contributed by atoms with Crippen LogP contribution in [0.15, 0.2) is 30.9 Å². The molecule has 0 amide bonds. The Morgan fingerprint density at radius 2 is 2.29 bits per heavy atom. The summed E-state index contributed by atoms with van der Waals surface area (Å²) >= 11 is 0. The summed E-state index contributed by atoms with van der Waals surface area (Å²) in [7, 11) is 0. The highest BCUT2D eigenvalue weighted by atomic mass is 16.6. The van der Waals surface area contributed by atoms with E-state index in [0.29, 0.717) is 11.1 Å². The number of hydrogen-bond acceptors (Lipinski definition) is 5. The second-order valence-electron chi connectivity index (χ2n) is 3.62. The zero-order valence-electron chi connectivity index (χ0n) is 9.15. The van der Waals surface area contributed by atoms with Crippen LogP contribution in [0.3, 0.4) is 0 Å². The summed E-state index contributed by atoms with van der Waals surface area (Å²) in [5.74, 6) is 0. The fourth-order valence-corrected chi connectivity index (χ4v) is 1.52. The van der Waals surface area contributed by atoms with E-state index in [1.807, 2.05) is 0 Å². The zero-order chi connectivity index (χ0) is 12.4. The van der Waals surface area contributed by atoms with Gasteiger partial charge in [0.2, 0.25) is 0 Å². The van der Waals surface area contributed by atoms with E-state index in [2.05, 4.69) is 10.1 Å². The van der Waals surface area contributed by atoms with Gasteiger partial charge in [-0.2, -0.15) is 5.10 Å². The van der Waals surface area contributed by atoms with Crippen LogP contribution in [0.5, 0.6) is 0 Å². The number of hydrogen-bond donors (Lipinski definition) is 1. The monoisotopic (exact) mass is 233 g/mol. The summed E-state index contributed by atoms with van der Waals surface area (Å²) in [6.45, 7) is 1.68. The van der Waals surface area contributed by atoms with Crippen molar-refractivity contribution in [3.63, 3.8) is 0 Å². The molecule has 0 aliphatic rings. The number of nitro benzene ring substituents is 1. The third-order valence-electron chi connectivity index (χ3n) is 2.49. The van der Waals surface area contributed by atoms with E-state index in [1.165, 1.54) is 23.4 Å². The Morgan fingerprint density at radius 3 is 2.88 bits per heavy atom. The molecule has 0 spiro atoms. The van der Waals surface area contributed by atoms with Gasteiger partial charge in [-0.3, -0.25) is 10.1 Å². The van der Waals surface area contributed by atoms with Crippen LogP contribution < -0.4 is 5.73 Å². The van der Waals surface area contributed by atoms with Crippen molar-refractivity contribution in [3.8, 4) is 0 Å². The summed E-state index contributed by atoms with van der Waals surface area (Å²) in [6, 6.07) is 4.88. The van der Waals surface area contributed by atoms with Gasteiger partial charge in [0.1, 0.15) is 18.8 Å². The SMILES string of the molecule is Cc1ccc(C(N)n2cncn2)cc1[N+](=O)[O-]. The molecule has 7 nitrogen and oxygen atoms in total. The first-order valence-electron chi connectivity index (χ1n) is 4.94. The van der Waals surface area contributed by atoms with Crippen molar-refractivity contribution in [1.82, 2.24) is 14.8 Å². The van der Waals surface area contributed by atoms with Gasteiger partial charge in [-0.25, -0.2) is 9.67 Å². The van der Waals surface area contributed by atoms with E-state index in [0.717, 1.165) is 0 Å². The first kappa shape index (κ1) is 11.2. The first-order chi connectivity index (χ1) is 8.09. The zero-order valence-corrected chi connectivity index (χ0v) is 9.15. The Morgan fingerprint density at radius 1 is 1.53 bits per heavy atom. The molecule has 1 unspecified atom stereocenters. The molecule has 2 rings (SSSR count). The van der Waals surface area contributed by atoms with E-state index < -0.39 is 11.1 Å². The molecule has 0 aliphatic carbocycles. The summed E-state index contributed by atoms with van der Waals surface area (Å²) < 4.78 is 1.44. The summed E-state index contributed by atoms with van der Waals surface area (Å²) in [4.78, 5) is 14.2. The largest absolute Gasteiger partial charge is 0.306 e. The van der Waals surface area contributed by atoms with E-state index in [9.17, 15) is 10.1 Å². The lowest BCUT2D eigenvalue weighted by Crippen LogP contribution is -2.20. The molecule has 0 radical (unpaired) electrons. The maximum atomic E-state index is 10.8. The quantitative estimate of drug-likeness (QED) is 0.629. The van der Waals surface area contributed by atoms with Crippen LogP contribution in [0.25, 0.3) is 0 Å². The van der Waals surface area contributed by atoms with Crippen molar-refractivity contribution in [2.24, 2.45) is 5.73 Å². The summed E-state index contributed by atoms with van der Waals surface area (Å²) in [5, 5.41) is 14.7. The highest BCUT2D eigenvalue weighted by Gasteiger charge is 2.15. The molecular weight excluding hydrogens is 222 g/mol. The van der Waals surface area contributed by atoms with Gasteiger partial charge >= 0.3 is 0 Å². The minimum absolute atomic E-state index is 0.0538. The second-order valence-corrected chi connectivity index (χ2v) is 3.62. The minimum atomic E-state index is -0.572. The summed E-state index contributed by atoms with van der Waals surface area (Å²) in [6.07, 6.45) is 2.26. The number of aryl methyl sites for hydroxylation is 1. The lowest BCUT2D eigenvalue weighted by Gasteiger charge is -2.12. The second kappa shape index (κ2) is 4.30. The first-order valence-corrected chi connectivity index (χ1v) is 4.94. The number of nitro groups is 1. The van der Waals surface area contributed by atoms with Crippen LogP contribution in [0.4, 0.5) is 5.69 Å². The van der Waals surface area contributed by atoms with Gasteiger partial charge < -0.3 is 5.73 Å². The lowest BCUT2D eigenvalue weighted by molar-refractivity contribution is -0.385. The Kier molecular flexibility index (Phi) is 2.84. The van der Waals surface area contributed by atoms with Crippen molar-refractivity contribution in [2.45, 2.75) is 13.1 Å². The third-order valence-corrected chi connectivity index (χ3v) is 2.49. The van der Waals surface area contributed by atoms with Gasteiger partial charge in [0.15, 0.2) is 0 Å². The molecule has 0 bridgehead atoms. The molecule has 7 heteroatoms. The van der Waals surface area contributed by atoms with Crippen LogP contribution in [0, 0.1) is 17.0 Å². The van der Waals surface area contributed by atoms with Crippen LogP contribution >= 0.6 is 0 Å². The minimum Gasteiger partial charge on any atom is -0.306 e. The fraction of sp³-hybridized carbons (Fsp3) is 0.200. The summed E-state index contributed by atoms with van der Waals surface area (Å²) in [5.41, 5.74) is 7.19. The van der Waals surface area contributed by atoms with Crippen molar-refractivity contribution >= 4 is 5.69 Å². The van der Waals surface area contributed by atoms with Crippen molar-refractivity contribution in [1.29, 1.82) is 0 Å². The molecule has 2 aromatic rings. The predicted octanol–water partition coefficient (Wildman–Crippen LogP) is 1.00. The van der Waals surface area contributed by atoms with Gasteiger partial charge in [-0.1, -0.05) is 12.1 Å². The van der Waals surface area contributed by atoms with Gasteiger partial charge in [-0.05, 0) is 12.5 Å². The number of nitrogens with two attached hydrogens (primary N) is 1. The van der Waals surface area contributed by atoms with Crippen LogP contribution in [-0.2, 0) is 0 Å². The number of benzene rings is 1.